The van der Waals surface area contributed by atoms with Gasteiger partial charge >= 0.3 is 0 Å². The van der Waals surface area contributed by atoms with Crippen molar-refractivity contribution in [3.8, 4) is 5.75 Å². The highest BCUT2D eigenvalue weighted by Gasteiger charge is 2.40. The first-order valence-corrected chi connectivity index (χ1v) is 13.1. The molecule has 1 fully saturated rings. The second-order valence-electron chi connectivity index (χ2n) is 9.98. The number of ether oxygens (including phenoxy) is 1. The van der Waals surface area contributed by atoms with E-state index in [1.165, 1.54) is 16.7 Å². The quantitative estimate of drug-likeness (QED) is 0.475. The van der Waals surface area contributed by atoms with Gasteiger partial charge in [0.15, 0.2) is 12.7 Å². The highest BCUT2D eigenvalue weighted by molar-refractivity contribution is 7.99. The number of carbonyl (C=O) groups excluding carboxylic acids is 3. The van der Waals surface area contributed by atoms with Crippen LogP contribution >= 0.6 is 11.8 Å². The summed E-state index contributed by atoms with van der Waals surface area (Å²) in [5.41, 5.74) is 1.41. The van der Waals surface area contributed by atoms with Gasteiger partial charge in [-0.05, 0) is 57.4 Å². The fourth-order valence-corrected chi connectivity index (χ4v) is 5.05. The van der Waals surface area contributed by atoms with Crippen LogP contribution in [0.1, 0.15) is 31.9 Å². The molecule has 1 saturated heterocycles. The lowest BCUT2D eigenvalue weighted by molar-refractivity contribution is -0.147. The predicted molar refractivity (Wildman–Crippen MR) is 141 cm³/mol. The lowest BCUT2D eigenvalue weighted by Crippen LogP contribution is -2.58. The molecule has 194 valence electrons. The Balaban J connectivity index is 1.71. The van der Waals surface area contributed by atoms with Crippen molar-refractivity contribution in [3.05, 3.63) is 65.7 Å². The number of rotatable bonds is 9. The number of amides is 3. The molecule has 0 spiro atoms. The molecule has 0 radical (unpaired) electrons. The molecular formula is C27H35N3O5S. The van der Waals surface area contributed by atoms with Crippen LogP contribution in [0.2, 0.25) is 0 Å². The Morgan fingerprint density at radius 2 is 1.86 bits per heavy atom. The Morgan fingerprint density at radius 1 is 1.14 bits per heavy atom. The summed E-state index contributed by atoms with van der Waals surface area (Å²) in [6.07, 6.45) is -1.29. The molecule has 36 heavy (non-hydrogen) atoms. The summed E-state index contributed by atoms with van der Waals surface area (Å²) in [4.78, 5) is 40.3. The van der Waals surface area contributed by atoms with Crippen molar-refractivity contribution in [2.75, 3.05) is 18.2 Å². The van der Waals surface area contributed by atoms with Crippen molar-refractivity contribution in [2.24, 2.45) is 0 Å². The molecule has 0 unspecified atom stereocenters. The Morgan fingerprint density at radius 3 is 2.53 bits per heavy atom. The smallest absolute Gasteiger partial charge is 0.258 e. The number of nitrogens with zero attached hydrogens (tertiary/aromatic N) is 1. The maximum Gasteiger partial charge on any atom is 0.258 e. The molecule has 3 rings (SSSR count). The number of aliphatic hydroxyl groups is 1. The monoisotopic (exact) mass is 513 g/mol. The molecule has 9 heteroatoms. The number of carbonyl (C=O) groups is 3. The van der Waals surface area contributed by atoms with Gasteiger partial charge in [-0.25, -0.2) is 0 Å². The van der Waals surface area contributed by atoms with E-state index in [4.69, 9.17) is 4.74 Å². The first-order chi connectivity index (χ1) is 17.0. The third-order valence-electron chi connectivity index (χ3n) is 5.60. The molecule has 1 aliphatic rings. The topological polar surface area (TPSA) is 108 Å². The standard InChI is InChI=1S/C27H35N3O5S/c1-18-9-8-12-20(13-18)35-15-23(31)28-21(14-19-10-6-5-7-11-19)24(32)26(34)30-17-36-16-22(30)25(33)29-27(2,3)4/h5-13,21-22,24,32H,14-17H2,1-4H3,(H,28,31)(H,29,33)/t21-,22-,24-/m0/s1. The van der Waals surface area contributed by atoms with Crippen molar-refractivity contribution < 1.29 is 24.2 Å². The molecular weight excluding hydrogens is 478 g/mol. The van der Waals surface area contributed by atoms with Gasteiger partial charge in [0.2, 0.25) is 5.91 Å². The van der Waals surface area contributed by atoms with Crippen LogP contribution in [-0.4, -0.2) is 69.7 Å². The van der Waals surface area contributed by atoms with Crippen LogP contribution in [0.25, 0.3) is 0 Å². The summed E-state index contributed by atoms with van der Waals surface area (Å²) in [6, 6.07) is 15.1. The molecule has 0 bridgehead atoms. The molecule has 1 aliphatic heterocycles. The molecule has 8 nitrogen and oxygen atoms in total. The van der Waals surface area contributed by atoms with E-state index in [1.807, 2.05) is 76.2 Å². The molecule has 0 aliphatic carbocycles. The Labute approximate surface area is 216 Å². The third-order valence-corrected chi connectivity index (χ3v) is 6.62. The maximum absolute atomic E-state index is 13.4. The number of aryl methyl sites for hydroxylation is 1. The first-order valence-electron chi connectivity index (χ1n) is 11.9. The minimum Gasteiger partial charge on any atom is -0.484 e. The maximum atomic E-state index is 13.4. The molecule has 2 aromatic rings. The van der Waals surface area contributed by atoms with Crippen molar-refractivity contribution in [3.63, 3.8) is 0 Å². The van der Waals surface area contributed by atoms with E-state index in [0.717, 1.165) is 11.1 Å². The number of hydrogen-bond donors (Lipinski definition) is 3. The summed E-state index contributed by atoms with van der Waals surface area (Å²) in [7, 11) is 0. The van der Waals surface area contributed by atoms with Crippen LogP contribution in [0.4, 0.5) is 0 Å². The molecule has 3 atom stereocenters. The minimum atomic E-state index is -1.53. The van der Waals surface area contributed by atoms with Crippen molar-refractivity contribution in [1.29, 1.82) is 0 Å². The van der Waals surface area contributed by atoms with Gasteiger partial charge in [-0.2, -0.15) is 0 Å². The van der Waals surface area contributed by atoms with Crippen molar-refractivity contribution in [1.82, 2.24) is 15.5 Å². The van der Waals surface area contributed by atoms with E-state index in [1.54, 1.807) is 6.07 Å². The van der Waals surface area contributed by atoms with E-state index < -0.39 is 35.5 Å². The summed E-state index contributed by atoms with van der Waals surface area (Å²) < 4.78 is 5.59. The summed E-state index contributed by atoms with van der Waals surface area (Å²) in [5.74, 6) is -0.00971. The van der Waals surface area contributed by atoms with Gasteiger partial charge in [0, 0.05) is 11.3 Å². The molecule has 1 heterocycles. The van der Waals surface area contributed by atoms with E-state index in [0.29, 0.717) is 17.4 Å². The van der Waals surface area contributed by atoms with Gasteiger partial charge in [0.05, 0.1) is 11.9 Å². The van der Waals surface area contributed by atoms with Crippen LogP contribution in [0.5, 0.6) is 5.75 Å². The number of aliphatic hydroxyl groups excluding tert-OH is 1. The fraction of sp³-hybridized carbons (Fsp3) is 0.444. The van der Waals surface area contributed by atoms with Crippen LogP contribution in [0.3, 0.4) is 0 Å². The summed E-state index contributed by atoms with van der Waals surface area (Å²) in [5, 5.41) is 16.8. The average molecular weight is 514 g/mol. The number of benzene rings is 2. The Bertz CT molecular complexity index is 1060. The normalized spacial score (nSPS) is 17.2. The van der Waals surface area contributed by atoms with E-state index >= 15 is 0 Å². The lowest BCUT2D eigenvalue weighted by atomic mass is 9.99. The van der Waals surface area contributed by atoms with Gasteiger partial charge in [-0.15, -0.1) is 11.8 Å². The largest absolute Gasteiger partial charge is 0.484 e. The van der Waals surface area contributed by atoms with Gasteiger partial charge in [0.1, 0.15) is 11.8 Å². The average Bonchev–Trinajstić information content (AvgIpc) is 3.31. The zero-order valence-electron chi connectivity index (χ0n) is 21.2. The van der Waals surface area contributed by atoms with Gasteiger partial charge in [-0.1, -0.05) is 42.5 Å². The van der Waals surface area contributed by atoms with E-state index in [-0.39, 0.29) is 18.9 Å². The molecule has 0 aromatic heterocycles. The second kappa shape index (κ2) is 12.3. The SMILES string of the molecule is Cc1cccc(OCC(=O)N[C@@H](Cc2ccccc2)[C@H](O)C(=O)N2CSC[C@H]2C(=O)NC(C)(C)C)c1. The number of nitrogens with one attached hydrogen (secondary N) is 2. The Kier molecular flexibility index (Phi) is 9.39. The minimum absolute atomic E-state index is 0.240. The van der Waals surface area contributed by atoms with Crippen LogP contribution in [-0.2, 0) is 20.8 Å². The Hall–Kier alpha value is -3.04. The lowest BCUT2D eigenvalue weighted by Gasteiger charge is -2.31. The van der Waals surface area contributed by atoms with Gasteiger partial charge in [0.25, 0.3) is 11.8 Å². The highest BCUT2D eigenvalue weighted by Crippen LogP contribution is 2.24. The summed E-state index contributed by atoms with van der Waals surface area (Å²) >= 11 is 1.45. The van der Waals surface area contributed by atoms with Gasteiger partial charge < -0.3 is 25.4 Å². The molecule has 2 aromatic carbocycles. The van der Waals surface area contributed by atoms with Crippen molar-refractivity contribution >= 4 is 29.5 Å². The summed E-state index contributed by atoms with van der Waals surface area (Å²) in [6.45, 7) is 7.29. The van der Waals surface area contributed by atoms with Crippen LogP contribution in [0, 0.1) is 6.92 Å². The van der Waals surface area contributed by atoms with Crippen LogP contribution in [0.15, 0.2) is 54.6 Å². The number of thioether (sulfide) groups is 1. The zero-order chi connectivity index (χ0) is 26.3. The molecule has 0 saturated carbocycles. The zero-order valence-corrected chi connectivity index (χ0v) is 22.0. The molecule has 3 N–H and O–H groups in total. The van der Waals surface area contributed by atoms with E-state index in [2.05, 4.69) is 10.6 Å². The van der Waals surface area contributed by atoms with Crippen LogP contribution < -0.4 is 15.4 Å². The first kappa shape index (κ1) is 27.5. The fourth-order valence-electron chi connectivity index (χ4n) is 3.88. The highest BCUT2D eigenvalue weighted by atomic mass is 32.2. The second-order valence-corrected chi connectivity index (χ2v) is 11.0. The molecule has 3 amide bonds. The van der Waals surface area contributed by atoms with Gasteiger partial charge in [-0.3, -0.25) is 14.4 Å². The third kappa shape index (κ3) is 7.99. The van der Waals surface area contributed by atoms with Crippen molar-refractivity contribution in [2.45, 2.75) is 57.8 Å². The van der Waals surface area contributed by atoms with E-state index in [9.17, 15) is 19.5 Å². The number of hydrogen-bond acceptors (Lipinski definition) is 6. The predicted octanol–water partition coefficient (Wildman–Crippen LogP) is 2.28.